The summed E-state index contributed by atoms with van der Waals surface area (Å²) in [5.74, 6) is 2.05. The highest BCUT2D eigenvalue weighted by Crippen LogP contribution is 2.28. The van der Waals surface area contributed by atoms with E-state index in [9.17, 15) is 0 Å². The largest absolute Gasteiger partial charge is 0.368 e. The number of fused-ring (bicyclic) bond motifs is 1. The minimum atomic E-state index is 0.297. The summed E-state index contributed by atoms with van der Waals surface area (Å²) in [5, 5.41) is 0. The van der Waals surface area contributed by atoms with Crippen LogP contribution in [-0.2, 0) is 0 Å². The lowest BCUT2D eigenvalue weighted by molar-refractivity contribution is 0.377. The molecule has 1 aliphatic rings. The van der Waals surface area contributed by atoms with Gasteiger partial charge in [0.25, 0.3) is 0 Å². The van der Waals surface area contributed by atoms with Gasteiger partial charge in [0.15, 0.2) is 11.5 Å². The van der Waals surface area contributed by atoms with E-state index in [0.29, 0.717) is 11.6 Å². The van der Waals surface area contributed by atoms with Crippen molar-refractivity contribution in [3.8, 4) is 0 Å². The number of nitrogens with two attached hydrogens (primary N) is 1. The predicted octanol–water partition coefficient (Wildman–Crippen LogP) is 1.95. The van der Waals surface area contributed by atoms with Crippen molar-refractivity contribution < 1.29 is 0 Å². The topological polar surface area (TPSA) is 83.7 Å². The smallest absolute Gasteiger partial charge is 0.224 e. The molecule has 1 aliphatic heterocycles. The van der Waals surface area contributed by atoms with E-state index in [-0.39, 0.29) is 0 Å². The Morgan fingerprint density at radius 3 is 2.89 bits per heavy atom. The summed E-state index contributed by atoms with van der Waals surface area (Å²) in [5.41, 5.74) is 7.31. The lowest BCUT2D eigenvalue weighted by Gasteiger charge is -2.32. The Hall–Kier alpha value is -1.85. The number of hydrogen-bond donors (Lipinski definition) is 2. The second-order valence-corrected chi connectivity index (χ2v) is 5.23. The van der Waals surface area contributed by atoms with Gasteiger partial charge < -0.3 is 15.6 Å². The number of nitrogens with one attached hydrogen (secondary N) is 1. The molecule has 0 unspecified atom stereocenters. The number of hydrogen-bond acceptors (Lipinski definition) is 5. The molecule has 0 aliphatic carbocycles. The number of H-pyrrole nitrogens is 1. The van der Waals surface area contributed by atoms with Gasteiger partial charge in [-0.1, -0.05) is 19.8 Å². The van der Waals surface area contributed by atoms with Crippen molar-refractivity contribution in [2.24, 2.45) is 5.92 Å². The van der Waals surface area contributed by atoms with Gasteiger partial charge in [0, 0.05) is 13.1 Å². The van der Waals surface area contributed by atoms with Crippen molar-refractivity contribution in [3.05, 3.63) is 6.33 Å². The first kappa shape index (κ1) is 12.2. The van der Waals surface area contributed by atoms with Gasteiger partial charge in [0.1, 0.15) is 5.52 Å². The third-order valence-corrected chi connectivity index (χ3v) is 3.89. The molecule has 0 saturated carbocycles. The predicted molar refractivity (Wildman–Crippen MR) is 75.9 cm³/mol. The van der Waals surface area contributed by atoms with Crippen LogP contribution in [0.4, 0.5) is 11.8 Å². The second-order valence-electron chi connectivity index (χ2n) is 5.23. The third kappa shape index (κ3) is 2.34. The van der Waals surface area contributed by atoms with Crippen LogP contribution in [-0.4, -0.2) is 33.0 Å². The van der Waals surface area contributed by atoms with E-state index in [1.54, 1.807) is 6.33 Å². The fraction of sp³-hybridized carbons (Fsp3) is 0.615. The minimum absolute atomic E-state index is 0.297. The van der Waals surface area contributed by atoms with Crippen LogP contribution in [0.1, 0.15) is 32.6 Å². The molecule has 0 atom stereocenters. The first-order chi connectivity index (χ1) is 9.28. The van der Waals surface area contributed by atoms with Crippen LogP contribution in [0.15, 0.2) is 6.33 Å². The first-order valence-corrected chi connectivity index (χ1v) is 6.99. The van der Waals surface area contributed by atoms with Crippen LogP contribution in [0.2, 0.25) is 0 Å². The highest BCUT2D eigenvalue weighted by molar-refractivity contribution is 5.84. The number of nitrogens with zero attached hydrogens (tertiary/aromatic N) is 4. The van der Waals surface area contributed by atoms with Crippen LogP contribution < -0.4 is 10.6 Å². The first-order valence-electron chi connectivity index (χ1n) is 6.99. The quantitative estimate of drug-likeness (QED) is 0.881. The molecule has 19 heavy (non-hydrogen) atoms. The molecule has 0 bridgehead atoms. The van der Waals surface area contributed by atoms with Gasteiger partial charge >= 0.3 is 0 Å². The highest BCUT2D eigenvalue weighted by atomic mass is 15.2. The number of aromatic nitrogens is 4. The summed E-state index contributed by atoms with van der Waals surface area (Å²) >= 11 is 0. The monoisotopic (exact) mass is 260 g/mol. The number of imidazole rings is 1. The summed E-state index contributed by atoms with van der Waals surface area (Å²) < 4.78 is 0. The van der Waals surface area contributed by atoms with Crippen molar-refractivity contribution in [3.63, 3.8) is 0 Å². The summed E-state index contributed by atoms with van der Waals surface area (Å²) in [4.78, 5) is 18.1. The van der Waals surface area contributed by atoms with Crippen LogP contribution in [0.25, 0.3) is 11.2 Å². The molecule has 2 aromatic heterocycles. The van der Waals surface area contributed by atoms with Gasteiger partial charge in [-0.25, -0.2) is 4.98 Å². The number of anilines is 2. The Morgan fingerprint density at radius 2 is 2.16 bits per heavy atom. The Kier molecular flexibility index (Phi) is 3.23. The molecule has 102 valence electrons. The maximum Gasteiger partial charge on any atom is 0.224 e. The van der Waals surface area contributed by atoms with Gasteiger partial charge in [0.2, 0.25) is 5.95 Å². The van der Waals surface area contributed by atoms with E-state index < -0.39 is 0 Å². The fourth-order valence-electron chi connectivity index (χ4n) is 2.90. The van der Waals surface area contributed by atoms with Crippen LogP contribution >= 0.6 is 0 Å². The molecule has 1 saturated heterocycles. The molecule has 3 rings (SSSR count). The van der Waals surface area contributed by atoms with Crippen molar-refractivity contribution in [2.75, 3.05) is 23.7 Å². The average Bonchev–Trinajstić information content (AvgIpc) is 2.87. The van der Waals surface area contributed by atoms with E-state index >= 15 is 0 Å². The number of rotatable bonds is 3. The van der Waals surface area contributed by atoms with Crippen molar-refractivity contribution in [1.82, 2.24) is 19.9 Å². The SMILES string of the molecule is CCCC1CCN(c2nc(N)nc3nc[nH]c23)CC1. The fourth-order valence-corrected chi connectivity index (χ4v) is 2.90. The zero-order chi connectivity index (χ0) is 13.2. The van der Waals surface area contributed by atoms with Gasteiger partial charge in [-0.3, -0.25) is 0 Å². The van der Waals surface area contributed by atoms with Gasteiger partial charge in [-0.15, -0.1) is 0 Å². The zero-order valence-corrected chi connectivity index (χ0v) is 11.3. The molecule has 3 N–H and O–H groups in total. The van der Waals surface area contributed by atoms with E-state index in [2.05, 4.69) is 31.8 Å². The summed E-state index contributed by atoms with van der Waals surface area (Å²) in [6, 6.07) is 0. The lowest BCUT2D eigenvalue weighted by atomic mass is 9.92. The van der Waals surface area contributed by atoms with Gasteiger partial charge in [-0.05, 0) is 18.8 Å². The van der Waals surface area contributed by atoms with E-state index in [0.717, 1.165) is 30.3 Å². The summed E-state index contributed by atoms with van der Waals surface area (Å²) in [7, 11) is 0. The van der Waals surface area contributed by atoms with Crippen molar-refractivity contribution >= 4 is 22.9 Å². The molecular formula is C13H20N6. The molecule has 0 aromatic carbocycles. The molecular weight excluding hydrogens is 240 g/mol. The summed E-state index contributed by atoms with van der Waals surface area (Å²) in [6.07, 6.45) is 6.71. The molecule has 6 nitrogen and oxygen atoms in total. The number of aromatic amines is 1. The van der Waals surface area contributed by atoms with Gasteiger partial charge in [-0.2, -0.15) is 9.97 Å². The average molecular weight is 260 g/mol. The lowest BCUT2D eigenvalue weighted by Crippen LogP contribution is -2.34. The molecule has 0 amide bonds. The van der Waals surface area contributed by atoms with Crippen LogP contribution in [0.5, 0.6) is 0 Å². The second kappa shape index (κ2) is 5.03. The van der Waals surface area contributed by atoms with Crippen LogP contribution in [0, 0.1) is 5.92 Å². The Morgan fingerprint density at radius 1 is 1.37 bits per heavy atom. The van der Waals surface area contributed by atoms with Gasteiger partial charge in [0.05, 0.1) is 6.33 Å². The Balaban J connectivity index is 1.83. The Labute approximate surface area is 112 Å². The van der Waals surface area contributed by atoms with E-state index in [4.69, 9.17) is 5.73 Å². The maximum atomic E-state index is 5.76. The zero-order valence-electron chi connectivity index (χ0n) is 11.3. The van der Waals surface area contributed by atoms with Crippen molar-refractivity contribution in [2.45, 2.75) is 32.6 Å². The summed E-state index contributed by atoms with van der Waals surface area (Å²) in [6.45, 7) is 4.33. The molecule has 0 radical (unpaired) electrons. The normalized spacial score (nSPS) is 17.2. The molecule has 1 fully saturated rings. The minimum Gasteiger partial charge on any atom is -0.368 e. The Bertz CT molecular complexity index is 555. The number of nitrogen functional groups attached to an aromatic ring is 1. The van der Waals surface area contributed by atoms with E-state index in [1.807, 2.05) is 0 Å². The highest BCUT2D eigenvalue weighted by Gasteiger charge is 2.22. The number of piperidine rings is 1. The molecule has 0 spiro atoms. The molecule has 6 heteroatoms. The third-order valence-electron chi connectivity index (χ3n) is 3.89. The van der Waals surface area contributed by atoms with Crippen molar-refractivity contribution in [1.29, 1.82) is 0 Å². The maximum absolute atomic E-state index is 5.76. The van der Waals surface area contributed by atoms with Crippen LogP contribution in [0.3, 0.4) is 0 Å². The standard InChI is InChI=1S/C13H20N6/c1-2-3-9-4-6-19(7-5-9)12-10-11(16-8-15-10)17-13(14)18-12/h8-9H,2-7H2,1H3,(H3,14,15,16,17,18). The molecule has 3 heterocycles. The van der Waals surface area contributed by atoms with E-state index in [1.165, 1.54) is 25.7 Å². The molecule has 2 aromatic rings.